The van der Waals surface area contributed by atoms with Crippen molar-refractivity contribution in [2.24, 2.45) is 0 Å². The second kappa shape index (κ2) is 8.93. The summed E-state index contributed by atoms with van der Waals surface area (Å²) in [6.45, 7) is 3.32. The number of hydrogen-bond acceptors (Lipinski definition) is 5. The SMILES string of the molecule is Cc1cnc(C(=O)N2CCC(C#N)(c3ccccc3)CC2)cc1C(=O)N1CC=CC(O)C1. The highest BCUT2D eigenvalue weighted by Gasteiger charge is 2.38. The molecule has 164 valence electrons. The normalized spacial score (nSPS) is 20.0. The lowest BCUT2D eigenvalue weighted by Gasteiger charge is -2.37. The van der Waals surface area contributed by atoms with Gasteiger partial charge in [0.1, 0.15) is 5.69 Å². The average molecular weight is 431 g/mol. The summed E-state index contributed by atoms with van der Waals surface area (Å²) in [7, 11) is 0. The summed E-state index contributed by atoms with van der Waals surface area (Å²) in [5, 5.41) is 19.7. The van der Waals surface area contributed by atoms with Gasteiger partial charge in [-0.25, -0.2) is 0 Å². The van der Waals surface area contributed by atoms with E-state index in [1.165, 1.54) is 0 Å². The number of nitrogens with zero attached hydrogens (tertiary/aromatic N) is 4. The Morgan fingerprint density at radius 2 is 1.88 bits per heavy atom. The van der Waals surface area contributed by atoms with Crippen LogP contribution < -0.4 is 0 Å². The van der Waals surface area contributed by atoms with E-state index < -0.39 is 11.5 Å². The third-order valence-electron chi connectivity index (χ3n) is 6.38. The van der Waals surface area contributed by atoms with Crippen molar-refractivity contribution in [2.45, 2.75) is 31.3 Å². The van der Waals surface area contributed by atoms with Crippen LogP contribution in [-0.2, 0) is 5.41 Å². The standard InChI is InChI=1S/C25H26N4O3/c1-18-15-27-22(14-21(18)23(31)29-11-5-8-20(30)16-29)24(32)28-12-9-25(17-26,10-13-28)19-6-3-2-4-7-19/h2-8,14-15,20,30H,9-13,16H2,1H3. The van der Waals surface area contributed by atoms with Crippen LogP contribution in [0.4, 0.5) is 0 Å². The Morgan fingerprint density at radius 3 is 2.53 bits per heavy atom. The average Bonchev–Trinajstić information content (AvgIpc) is 2.84. The van der Waals surface area contributed by atoms with E-state index in [2.05, 4.69) is 11.1 Å². The Balaban J connectivity index is 1.50. The van der Waals surface area contributed by atoms with Crippen LogP contribution in [0.2, 0.25) is 0 Å². The molecule has 1 aromatic carbocycles. The van der Waals surface area contributed by atoms with E-state index in [1.807, 2.05) is 30.3 Å². The minimum absolute atomic E-state index is 0.219. The predicted molar refractivity (Wildman–Crippen MR) is 119 cm³/mol. The Labute approximate surface area is 187 Å². The summed E-state index contributed by atoms with van der Waals surface area (Å²) >= 11 is 0. The van der Waals surface area contributed by atoms with Crippen LogP contribution in [-0.4, -0.2) is 64.0 Å². The minimum atomic E-state index is -0.686. The second-order valence-corrected chi connectivity index (χ2v) is 8.44. The minimum Gasteiger partial charge on any atom is -0.387 e. The summed E-state index contributed by atoms with van der Waals surface area (Å²) in [6, 6.07) is 13.7. The monoisotopic (exact) mass is 430 g/mol. The molecule has 7 nitrogen and oxygen atoms in total. The van der Waals surface area contributed by atoms with Gasteiger partial charge >= 0.3 is 0 Å². The molecule has 0 bridgehead atoms. The van der Waals surface area contributed by atoms with Crippen LogP contribution >= 0.6 is 0 Å². The van der Waals surface area contributed by atoms with Crippen molar-refractivity contribution in [3.63, 3.8) is 0 Å². The van der Waals surface area contributed by atoms with Gasteiger partial charge in [-0.15, -0.1) is 0 Å². The lowest BCUT2D eigenvalue weighted by atomic mass is 9.74. The molecule has 4 rings (SSSR count). The number of pyridine rings is 1. The number of benzene rings is 1. The number of amides is 2. The molecule has 1 unspecified atom stereocenters. The molecule has 1 atom stereocenters. The maximum absolute atomic E-state index is 13.2. The van der Waals surface area contributed by atoms with Crippen LogP contribution in [0.25, 0.3) is 0 Å². The number of nitriles is 1. The number of piperidine rings is 1. The van der Waals surface area contributed by atoms with E-state index in [9.17, 15) is 20.0 Å². The molecule has 7 heteroatoms. The van der Waals surface area contributed by atoms with Gasteiger partial charge in [0, 0.05) is 31.4 Å². The smallest absolute Gasteiger partial charge is 0.272 e. The van der Waals surface area contributed by atoms with Crippen molar-refractivity contribution in [2.75, 3.05) is 26.2 Å². The van der Waals surface area contributed by atoms with E-state index in [-0.39, 0.29) is 24.1 Å². The number of aliphatic hydroxyl groups is 1. The fourth-order valence-corrected chi connectivity index (χ4v) is 4.39. The molecule has 1 aromatic heterocycles. The maximum Gasteiger partial charge on any atom is 0.272 e. The lowest BCUT2D eigenvalue weighted by Crippen LogP contribution is -2.45. The van der Waals surface area contributed by atoms with Gasteiger partial charge in [0.15, 0.2) is 0 Å². The number of aromatic nitrogens is 1. The molecule has 0 radical (unpaired) electrons. The number of rotatable bonds is 3. The highest BCUT2D eigenvalue weighted by molar-refractivity contribution is 5.99. The Bertz CT molecular complexity index is 1080. The topological polar surface area (TPSA) is 97.5 Å². The zero-order chi connectivity index (χ0) is 22.7. The molecule has 1 N–H and O–H groups in total. The van der Waals surface area contributed by atoms with Gasteiger partial charge in [-0.2, -0.15) is 5.26 Å². The number of aryl methyl sites for hydroxylation is 1. The molecule has 2 aliphatic rings. The van der Waals surface area contributed by atoms with Crippen LogP contribution in [0.1, 0.15) is 44.8 Å². The summed E-state index contributed by atoms with van der Waals surface area (Å²) < 4.78 is 0. The van der Waals surface area contributed by atoms with E-state index in [1.54, 1.807) is 41.1 Å². The molecule has 2 aromatic rings. The predicted octanol–water partition coefficient (Wildman–Crippen LogP) is 2.46. The van der Waals surface area contributed by atoms with E-state index in [4.69, 9.17) is 0 Å². The van der Waals surface area contributed by atoms with Gasteiger partial charge in [-0.3, -0.25) is 14.6 Å². The first-order valence-electron chi connectivity index (χ1n) is 10.8. The highest BCUT2D eigenvalue weighted by atomic mass is 16.3. The summed E-state index contributed by atoms with van der Waals surface area (Å²) in [5.41, 5.74) is 1.70. The summed E-state index contributed by atoms with van der Waals surface area (Å²) in [4.78, 5) is 33.7. The largest absolute Gasteiger partial charge is 0.387 e. The Kier molecular flexibility index (Phi) is 6.06. The molecule has 2 amide bonds. The molecular weight excluding hydrogens is 404 g/mol. The number of β-amino-alcohol motifs (C(OH)–C–C–N with tert-alkyl or cyclic N) is 1. The molecule has 2 aliphatic heterocycles. The molecule has 0 spiro atoms. The molecule has 3 heterocycles. The molecule has 0 saturated carbocycles. The quantitative estimate of drug-likeness (QED) is 0.755. The third-order valence-corrected chi connectivity index (χ3v) is 6.38. The van der Waals surface area contributed by atoms with E-state index >= 15 is 0 Å². The zero-order valence-corrected chi connectivity index (χ0v) is 18.1. The van der Waals surface area contributed by atoms with Crippen molar-refractivity contribution >= 4 is 11.8 Å². The zero-order valence-electron chi connectivity index (χ0n) is 18.1. The Hall–Kier alpha value is -3.50. The van der Waals surface area contributed by atoms with Crippen molar-refractivity contribution < 1.29 is 14.7 Å². The van der Waals surface area contributed by atoms with Crippen LogP contribution in [0.5, 0.6) is 0 Å². The van der Waals surface area contributed by atoms with Gasteiger partial charge in [-0.1, -0.05) is 42.5 Å². The lowest BCUT2D eigenvalue weighted by molar-refractivity contribution is 0.0677. The number of carbonyl (C=O) groups is 2. The number of hydrogen-bond donors (Lipinski definition) is 1. The van der Waals surface area contributed by atoms with Crippen molar-refractivity contribution in [3.8, 4) is 6.07 Å². The molecular formula is C25H26N4O3. The van der Waals surface area contributed by atoms with Crippen LogP contribution in [0.15, 0.2) is 54.7 Å². The summed E-state index contributed by atoms with van der Waals surface area (Å²) in [5.74, 6) is -0.467. The highest BCUT2D eigenvalue weighted by Crippen LogP contribution is 2.35. The summed E-state index contributed by atoms with van der Waals surface area (Å²) in [6.07, 6.45) is 5.39. The first-order valence-corrected chi connectivity index (χ1v) is 10.8. The van der Waals surface area contributed by atoms with Crippen molar-refractivity contribution in [3.05, 3.63) is 77.1 Å². The fraction of sp³-hybridized carbons (Fsp3) is 0.360. The van der Waals surface area contributed by atoms with E-state index in [0.29, 0.717) is 43.6 Å². The number of likely N-dealkylation sites (tertiary alicyclic amines) is 1. The van der Waals surface area contributed by atoms with Gasteiger partial charge in [0.25, 0.3) is 11.8 Å². The molecule has 1 saturated heterocycles. The first-order chi connectivity index (χ1) is 15.4. The first kappa shape index (κ1) is 21.7. The second-order valence-electron chi connectivity index (χ2n) is 8.44. The van der Waals surface area contributed by atoms with Crippen molar-refractivity contribution in [1.82, 2.24) is 14.8 Å². The van der Waals surface area contributed by atoms with Gasteiger partial charge in [0.2, 0.25) is 0 Å². The van der Waals surface area contributed by atoms with Crippen LogP contribution in [0.3, 0.4) is 0 Å². The molecule has 0 aliphatic carbocycles. The van der Waals surface area contributed by atoms with E-state index in [0.717, 1.165) is 5.56 Å². The van der Waals surface area contributed by atoms with Gasteiger partial charge in [0.05, 0.1) is 24.1 Å². The maximum atomic E-state index is 13.2. The van der Waals surface area contributed by atoms with Crippen molar-refractivity contribution in [1.29, 1.82) is 5.26 Å². The Morgan fingerprint density at radius 1 is 1.16 bits per heavy atom. The van der Waals surface area contributed by atoms with Crippen LogP contribution in [0, 0.1) is 18.3 Å². The molecule has 1 fully saturated rings. The fourth-order valence-electron chi connectivity index (χ4n) is 4.39. The number of carbonyl (C=O) groups excluding carboxylic acids is 2. The van der Waals surface area contributed by atoms with Gasteiger partial charge in [-0.05, 0) is 37.0 Å². The molecule has 32 heavy (non-hydrogen) atoms. The number of aliphatic hydroxyl groups excluding tert-OH is 1. The van der Waals surface area contributed by atoms with Gasteiger partial charge < -0.3 is 14.9 Å². The third kappa shape index (κ3) is 4.14.